The van der Waals surface area contributed by atoms with Crippen LogP contribution in [-0.2, 0) is 0 Å². The molecule has 1 rings (SSSR count). The molecule has 0 aliphatic heterocycles. The van der Waals surface area contributed by atoms with Gasteiger partial charge in [-0.25, -0.2) is 0 Å². The quantitative estimate of drug-likeness (QED) is 0.787. The summed E-state index contributed by atoms with van der Waals surface area (Å²) in [6.45, 7) is 2.85. The Hall–Kier alpha value is -0.420. The molecule has 0 aliphatic carbocycles. The maximum absolute atomic E-state index is 11.8. The fourth-order valence-corrected chi connectivity index (χ4v) is 2.49. The highest BCUT2D eigenvalue weighted by Gasteiger charge is 2.10. The number of pyridine rings is 1. The Balaban J connectivity index is 2.49. The molecule has 0 bridgehead atoms. The molecule has 0 saturated carbocycles. The molecule has 1 unspecified atom stereocenters. The summed E-state index contributed by atoms with van der Waals surface area (Å²) < 4.78 is 0.817. The number of nitrogens with one attached hydrogen (secondary N) is 1. The first-order valence-corrected chi connectivity index (χ1v) is 7.53. The van der Waals surface area contributed by atoms with Crippen LogP contribution in [0.1, 0.15) is 30.1 Å². The second kappa shape index (κ2) is 7.82. The van der Waals surface area contributed by atoms with E-state index >= 15 is 0 Å². The number of aromatic nitrogens is 1. The molecule has 3 nitrogen and oxygen atoms in total. The first-order chi connectivity index (χ1) is 8.17. The minimum absolute atomic E-state index is 0.0631. The average molecular weight is 364 g/mol. The maximum Gasteiger partial charge on any atom is 0.252 e. The zero-order valence-corrected chi connectivity index (χ0v) is 12.9. The number of hydrogen-bond donors (Lipinski definition) is 1. The highest BCUT2D eigenvalue weighted by atomic mass is 79.9. The van der Waals surface area contributed by atoms with Crippen molar-refractivity contribution < 1.29 is 4.79 Å². The van der Waals surface area contributed by atoms with Gasteiger partial charge in [0.1, 0.15) is 0 Å². The predicted molar refractivity (Wildman–Crippen MR) is 76.5 cm³/mol. The van der Waals surface area contributed by atoms with Gasteiger partial charge in [-0.2, -0.15) is 0 Å². The number of hydrogen-bond acceptors (Lipinski definition) is 2. The Morgan fingerprint density at radius 2 is 2.29 bits per heavy atom. The van der Waals surface area contributed by atoms with Crippen LogP contribution in [-0.4, -0.2) is 22.8 Å². The summed E-state index contributed by atoms with van der Waals surface area (Å²) in [5.41, 5.74) is 0.591. The average Bonchev–Trinajstić information content (AvgIpc) is 2.34. The largest absolute Gasteiger partial charge is 0.352 e. The molecule has 17 heavy (non-hydrogen) atoms. The smallest absolute Gasteiger partial charge is 0.252 e. The van der Waals surface area contributed by atoms with Gasteiger partial charge < -0.3 is 5.32 Å². The molecule has 94 valence electrons. The molecule has 0 spiro atoms. The number of halogens is 2. The van der Waals surface area contributed by atoms with E-state index in [2.05, 4.69) is 49.1 Å². The minimum Gasteiger partial charge on any atom is -0.352 e. The van der Waals surface area contributed by atoms with Gasteiger partial charge in [0.15, 0.2) is 0 Å². The van der Waals surface area contributed by atoms with Gasteiger partial charge in [0.25, 0.3) is 5.91 Å². The van der Waals surface area contributed by atoms with Crippen LogP contribution in [0, 0.1) is 5.92 Å². The molecule has 0 fully saturated rings. The van der Waals surface area contributed by atoms with Crippen molar-refractivity contribution in [1.82, 2.24) is 10.3 Å². The number of nitrogens with zero attached hydrogens (tertiary/aromatic N) is 1. The molecular formula is C12H16Br2N2O. The summed E-state index contributed by atoms with van der Waals surface area (Å²) in [7, 11) is 0. The van der Waals surface area contributed by atoms with Gasteiger partial charge in [0, 0.05) is 28.7 Å². The molecule has 0 aromatic carbocycles. The highest BCUT2D eigenvalue weighted by Crippen LogP contribution is 2.11. The van der Waals surface area contributed by atoms with E-state index < -0.39 is 0 Å². The van der Waals surface area contributed by atoms with Crippen molar-refractivity contribution in [2.75, 3.05) is 11.9 Å². The molecule has 0 aliphatic rings. The van der Waals surface area contributed by atoms with Crippen molar-refractivity contribution in [3.8, 4) is 0 Å². The monoisotopic (exact) mass is 362 g/mol. The lowest BCUT2D eigenvalue weighted by atomic mass is 10.0. The van der Waals surface area contributed by atoms with E-state index in [1.54, 1.807) is 18.5 Å². The highest BCUT2D eigenvalue weighted by molar-refractivity contribution is 9.10. The van der Waals surface area contributed by atoms with Crippen LogP contribution in [0.3, 0.4) is 0 Å². The second-order valence-electron chi connectivity index (χ2n) is 3.85. The van der Waals surface area contributed by atoms with E-state index in [4.69, 9.17) is 0 Å². The van der Waals surface area contributed by atoms with Gasteiger partial charge in [0.2, 0.25) is 0 Å². The van der Waals surface area contributed by atoms with Crippen molar-refractivity contribution in [2.24, 2.45) is 5.92 Å². The fourth-order valence-electron chi connectivity index (χ4n) is 1.48. The summed E-state index contributed by atoms with van der Waals surface area (Å²) in [6, 6.07) is 1.77. The molecule has 1 N–H and O–H groups in total. The van der Waals surface area contributed by atoms with E-state index in [1.165, 1.54) is 0 Å². The zero-order valence-electron chi connectivity index (χ0n) is 9.75. The van der Waals surface area contributed by atoms with Crippen LogP contribution in [0.4, 0.5) is 0 Å². The zero-order chi connectivity index (χ0) is 12.7. The lowest BCUT2D eigenvalue weighted by molar-refractivity contribution is 0.0946. The first-order valence-electron chi connectivity index (χ1n) is 5.62. The number of rotatable bonds is 6. The number of alkyl halides is 1. The minimum atomic E-state index is -0.0631. The summed E-state index contributed by atoms with van der Waals surface area (Å²) in [4.78, 5) is 15.8. The van der Waals surface area contributed by atoms with Gasteiger partial charge in [0.05, 0.1) is 5.56 Å². The fraction of sp³-hybridized carbons (Fsp3) is 0.500. The topological polar surface area (TPSA) is 42.0 Å². The SMILES string of the molecule is CCC(CCBr)CNC(=O)c1cncc(Br)c1. The molecule has 1 aromatic rings. The summed E-state index contributed by atoms with van der Waals surface area (Å²) in [6.07, 6.45) is 5.39. The molecule has 1 heterocycles. The number of carbonyl (C=O) groups is 1. The summed E-state index contributed by atoms with van der Waals surface area (Å²) in [5, 5.41) is 3.91. The summed E-state index contributed by atoms with van der Waals surface area (Å²) >= 11 is 6.72. The molecule has 0 saturated heterocycles. The lowest BCUT2D eigenvalue weighted by Gasteiger charge is -2.14. The third kappa shape index (κ3) is 5.17. The Morgan fingerprint density at radius 3 is 2.88 bits per heavy atom. The summed E-state index contributed by atoms with van der Waals surface area (Å²) in [5.74, 6) is 0.463. The van der Waals surface area contributed by atoms with Gasteiger partial charge in [-0.05, 0) is 34.3 Å². The molecule has 5 heteroatoms. The van der Waals surface area contributed by atoms with Crippen LogP contribution >= 0.6 is 31.9 Å². The Bertz CT molecular complexity index is 371. The number of amides is 1. The Morgan fingerprint density at radius 1 is 1.53 bits per heavy atom. The third-order valence-corrected chi connectivity index (χ3v) is 3.50. The molecule has 1 aromatic heterocycles. The van der Waals surface area contributed by atoms with Crippen LogP contribution in [0.25, 0.3) is 0 Å². The van der Waals surface area contributed by atoms with E-state index in [1.807, 2.05) is 0 Å². The van der Waals surface area contributed by atoms with Crippen molar-refractivity contribution >= 4 is 37.8 Å². The van der Waals surface area contributed by atoms with Crippen LogP contribution in [0.5, 0.6) is 0 Å². The lowest BCUT2D eigenvalue weighted by Crippen LogP contribution is -2.29. The van der Waals surface area contributed by atoms with Gasteiger partial charge in [-0.1, -0.05) is 29.3 Å². The number of carbonyl (C=O) groups excluding carboxylic acids is 1. The van der Waals surface area contributed by atoms with Crippen LogP contribution < -0.4 is 5.32 Å². The second-order valence-corrected chi connectivity index (χ2v) is 5.56. The van der Waals surface area contributed by atoms with Crippen LogP contribution in [0.2, 0.25) is 0 Å². The molecule has 0 radical (unpaired) electrons. The molecule has 1 amide bonds. The molecular weight excluding hydrogens is 348 g/mol. The third-order valence-electron chi connectivity index (χ3n) is 2.61. The van der Waals surface area contributed by atoms with Gasteiger partial charge in [-0.15, -0.1) is 0 Å². The predicted octanol–water partition coefficient (Wildman–Crippen LogP) is 3.39. The molecule has 1 atom stereocenters. The van der Waals surface area contributed by atoms with Crippen LogP contribution in [0.15, 0.2) is 22.9 Å². The van der Waals surface area contributed by atoms with E-state index in [9.17, 15) is 4.79 Å². The Kier molecular flexibility index (Phi) is 6.73. The Labute approximate surface area is 119 Å². The van der Waals surface area contributed by atoms with Crippen molar-refractivity contribution in [3.05, 3.63) is 28.5 Å². The first kappa shape index (κ1) is 14.6. The normalized spacial score (nSPS) is 12.2. The van der Waals surface area contributed by atoms with Crippen molar-refractivity contribution in [1.29, 1.82) is 0 Å². The van der Waals surface area contributed by atoms with E-state index in [0.29, 0.717) is 18.0 Å². The maximum atomic E-state index is 11.8. The van der Waals surface area contributed by atoms with E-state index in [-0.39, 0.29) is 5.91 Å². The standard InChI is InChI=1S/C12H16Br2N2O/c1-2-9(3-4-13)6-16-12(17)10-5-11(14)8-15-7-10/h5,7-9H,2-4,6H2,1H3,(H,16,17). The van der Waals surface area contributed by atoms with Crippen molar-refractivity contribution in [2.45, 2.75) is 19.8 Å². The van der Waals surface area contributed by atoms with Gasteiger partial charge >= 0.3 is 0 Å². The van der Waals surface area contributed by atoms with Gasteiger partial charge in [-0.3, -0.25) is 9.78 Å². The van der Waals surface area contributed by atoms with E-state index in [0.717, 1.165) is 22.6 Å². The van der Waals surface area contributed by atoms with Crippen molar-refractivity contribution in [3.63, 3.8) is 0 Å².